The highest BCUT2D eigenvalue weighted by Crippen LogP contribution is 2.43. The summed E-state index contributed by atoms with van der Waals surface area (Å²) in [4.78, 5) is 8.00. The van der Waals surface area contributed by atoms with Gasteiger partial charge in [-0.25, -0.2) is 0 Å². The van der Waals surface area contributed by atoms with Gasteiger partial charge in [0.15, 0.2) is 5.11 Å². The average Bonchev–Trinajstić information content (AvgIpc) is 3.44. The van der Waals surface area contributed by atoms with Gasteiger partial charge in [0.05, 0.1) is 17.8 Å². The van der Waals surface area contributed by atoms with Crippen LogP contribution in [0, 0.1) is 6.92 Å². The number of benzene rings is 2. The van der Waals surface area contributed by atoms with Crippen LogP contribution in [0.15, 0.2) is 90.4 Å². The zero-order chi connectivity index (χ0) is 21.2. The van der Waals surface area contributed by atoms with Crippen LogP contribution in [0.5, 0.6) is 11.5 Å². The molecule has 154 valence electrons. The second kappa shape index (κ2) is 8.49. The zero-order valence-corrected chi connectivity index (χ0v) is 18.6. The van der Waals surface area contributed by atoms with Gasteiger partial charge >= 0.3 is 0 Å². The van der Waals surface area contributed by atoms with Crippen LogP contribution < -0.4 is 15.0 Å². The van der Waals surface area contributed by atoms with Crippen LogP contribution >= 0.6 is 23.6 Å². The number of nitrogens with one attached hydrogen (secondary N) is 1. The largest absolute Gasteiger partial charge is 0.457 e. The minimum atomic E-state index is -0.0177. The SMILES string of the molecule is Cc1ccc(Oc2ccc(N3C(=S)NC(c4ccccn4)C3c3cccs3)cc2)cc1. The van der Waals surface area contributed by atoms with Crippen molar-refractivity contribution in [3.05, 3.63) is 107 Å². The number of hydrogen-bond donors (Lipinski definition) is 1. The van der Waals surface area contributed by atoms with Crippen LogP contribution in [-0.2, 0) is 0 Å². The molecule has 6 heteroatoms. The molecule has 1 aliphatic rings. The fourth-order valence-corrected chi connectivity index (χ4v) is 5.00. The van der Waals surface area contributed by atoms with Gasteiger partial charge in [0.1, 0.15) is 11.5 Å². The first-order chi connectivity index (χ1) is 15.2. The molecule has 4 nitrogen and oxygen atoms in total. The molecule has 4 aromatic rings. The molecule has 0 radical (unpaired) electrons. The molecule has 31 heavy (non-hydrogen) atoms. The van der Waals surface area contributed by atoms with Crippen LogP contribution in [0.1, 0.15) is 28.2 Å². The van der Waals surface area contributed by atoms with E-state index in [4.69, 9.17) is 17.0 Å². The first-order valence-corrected chi connectivity index (χ1v) is 11.4. The molecule has 1 fully saturated rings. The van der Waals surface area contributed by atoms with Crippen LogP contribution in [-0.4, -0.2) is 10.1 Å². The van der Waals surface area contributed by atoms with E-state index in [1.165, 1.54) is 10.4 Å². The van der Waals surface area contributed by atoms with Crippen molar-refractivity contribution >= 4 is 34.4 Å². The first-order valence-electron chi connectivity index (χ1n) is 10.1. The lowest BCUT2D eigenvalue weighted by Crippen LogP contribution is -2.28. The van der Waals surface area contributed by atoms with E-state index in [0.29, 0.717) is 5.11 Å². The van der Waals surface area contributed by atoms with Crippen molar-refractivity contribution in [1.29, 1.82) is 0 Å². The summed E-state index contributed by atoms with van der Waals surface area (Å²) in [6.07, 6.45) is 1.82. The molecular weight excluding hydrogens is 422 g/mol. The maximum Gasteiger partial charge on any atom is 0.174 e. The predicted octanol–water partition coefficient (Wildman–Crippen LogP) is 6.42. The van der Waals surface area contributed by atoms with E-state index in [2.05, 4.69) is 51.8 Å². The number of pyridine rings is 1. The first kappa shape index (κ1) is 19.7. The molecule has 2 unspecified atom stereocenters. The Kier molecular flexibility index (Phi) is 5.40. The minimum Gasteiger partial charge on any atom is -0.457 e. The second-order valence-corrected chi connectivity index (χ2v) is 8.79. The van der Waals surface area contributed by atoms with E-state index in [0.717, 1.165) is 22.9 Å². The number of thiocarbonyl (C=S) groups is 1. The maximum absolute atomic E-state index is 5.99. The number of aromatic nitrogens is 1. The molecular formula is C25H21N3OS2. The van der Waals surface area contributed by atoms with E-state index in [9.17, 15) is 0 Å². The monoisotopic (exact) mass is 443 g/mol. The summed E-state index contributed by atoms with van der Waals surface area (Å²) in [5.41, 5.74) is 3.20. The highest BCUT2D eigenvalue weighted by Gasteiger charge is 2.41. The van der Waals surface area contributed by atoms with Crippen LogP contribution in [0.25, 0.3) is 0 Å². The van der Waals surface area contributed by atoms with Crippen molar-refractivity contribution in [2.45, 2.75) is 19.0 Å². The topological polar surface area (TPSA) is 37.4 Å². The Bertz CT molecular complexity index is 1160. The summed E-state index contributed by atoms with van der Waals surface area (Å²) in [6, 6.07) is 26.4. The van der Waals surface area contributed by atoms with Crippen molar-refractivity contribution in [3.8, 4) is 11.5 Å². The zero-order valence-electron chi connectivity index (χ0n) is 16.9. The third-order valence-electron chi connectivity index (χ3n) is 5.30. The molecule has 1 aliphatic heterocycles. The normalized spacial score (nSPS) is 18.1. The van der Waals surface area contributed by atoms with Crippen LogP contribution in [0.2, 0.25) is 0 Å². The van der Waals surface area contributed by atoms with E-state index < -0.39 is 0 Å². The van der Waals surface area contributed by atoms with Gasteiger partial charge in [0, 0.05) is 16.8 Å². The Morgan fingerprint density at radius 2 is 1.68 bits per heavy atom. The fourth-order valence-electron chi connectivity index (χ4n) is 3.80. The van der Waals surface area contributed by atoms with Crippen molar-refractivity contribution in [2.24, 2.45) is 0 Å². The second-order valence-electron chi connectivity index (χ2n) is 7.42. The lowest BCUT2D eigenvalue weighted by atomic mass is 10.0. The number of hydrogen-bond acceptors (Lipinski definition) is 4. The highest BCUT2D eigenvalue weighted by molar-refractivity contribution is 7.80. The highest BCUT2D eigenvalue weighted by atomic mass is 32.1. The summed E-state index contributed by atoms with van der Waals surface area (Å²) in [5, 5.41) is 6.28. The summed E-state index contributed by atoms with van der Waals surface area (Å²) >= 11 is 7.49. The van der Waals surface area contributed by atoms with Gasteiger partial charge in [0.25, 0.3) is 0 Å². The standard InChI is InChI=1S/C25H21N3OS2/c1-17-7-11-19(12-8-17)29-20-13-9-18(10-14-20)28-24(22-6-4-16-31-22)23(27-25(28)30)21-5-2-3-15-26-21/h2-16,23-24H,1H3,(H,27,30). The quantitative estimate of drug-likeness (QED) is 0.360. The summed E-state index contributed by atoms with van der Waals surface area (Å²) in [6.45, 7) is 2.06. The number of rotatable bonds is 5. The molecule has 0 amide bonds. The Labute approximate surface area is 191 Å². The fraction of sp³-hybridized carbons (Fsp3) is 0.120. The van der Waals surface area contributed by atoms with Gasteiger partial charge in [-0.05, 0) is 79.1 Å². The minimum absolute atomic E-state index is 0.0177. The number of aryl methyl sites for hydroxylation is 1. The van der Waals surface area contributed by atoms with Crippen molar-refractivity contribution in [2.75, 3.05) is 4.90 Å². The van der Waals surface area contributed by atoms with Crippen LogP contribution in [0.3, 0.4) is 0 Å². The van der Waals surface area contributed by atoms with Gasteiger partial charge in [-0.2, -0.15) is 0 Å². The Morgan fingerprint density at radius 1 is 0.935 bits per heavy atom. The third kappa shape index (κ3) is 4.04. The Hall–Kier alpha value is -3.22. The van der Waals surface area contributed by atoms with Crippen LogP contribution in [0.4, 0.5) is 5.69 Å². The lowest BCUT2D eigenvalue weighted by molar-refractivity contribution is 0.482. The molecule has 1 saturated heterocycles. The molecule has 0 aliphatic carbocycles. The van der Waals surface area contributed by atoms with E-state index >= 15 is 0 Å². The third-order valence-corrected chi connectivity index (χ3v) is 6.56. The van der Waals surface area contributed by atoms with Gasteiger partial charge in [0.2, 0.25) is 0 Å². The Morgan fingerprint density at radius 3 is 2.32 bits per heavy atom. The number of anilines is 1. The van der Waals surface area contributed by atoms with E-state index in [-0.39, 0.29) is 12.1 Å². The molecule has 0 spiro atoms. The Balaban J connectivity index is 1.45. The van der Waals surface area contributed by atoms with Crippen molar-refractivity contribution in [1.82, 2.24) is 10.3 Å². The number of ether oxygens (including phenoxy) is 1. The molecule has 1 N–H and O–H groups in total. The average molecular weight is 444 g/mol. The molecule has 0 bridgehead atoms. The van der Waals surface area contributed by atoms with Gasteiger partial charge in [-0.15, -0.1) is 11.3 Å². The predicted molar refractivity (Wildman–Crippen MR) is 130 cm³/mol. The van der Waals surface area contributed by atoms with E-state index in [1.807, 2.05) is 60.8 Å². The van der Waals surface area contributed by atoms with Crippen molar-refractivity contribution < 1.29 is 4.74 Å². The smallest absolute Gasteiger partial charge is 0.174 e. The molecule has 5 rings (SSSR count). The molecule has 2 atom stereocenters. The summed E-state index contributed by atoms with van der Waals surface area (Å²) in [7, 11) is 0. The number of thiophene rings is 1. The summed E-state index contributed by atoms with van der Waals surface area (Å²) < 4.78 is 5.99. The van der Waals surface area contributed by atoms with E-state index in [1.54, 1.807) is 11.3 Å². The van der Waals surface area contributed by atoms with Gasteiger partial charge in [-0.3, -0.25) is 4.98 Å². The van der Waals surface area contributed by atoms with Gasteiger partial charge in [-0.1, -0.05) is 29.8 Å². The molecule has 2 aromatic carbocycles. The maximum atomic E-state index is 5.99. The molecule has 3 heterocycles. The summed E-state index contributed by atoms with van der Waals surface area (Å²) in [5.74, 6) is 1.61. The lowest BCUT2D eigenvalue weighted by Gasteiger charge is -2.27. The number of nitrogens with zero attached hydrogens (tertiary/aromatic N) is 2. The molecule has 2 aromatic heterocycles. The van der Waals surface area contributed by atoms with Crippen molar-refractivity contribution in [3.63, 3.8) is 0 Å². The van der Waals surface area contributed by atoms with Gasteiger partial charge < -0.3 is 15.0 Å². The molecule has 0 saturated carbocycles.